The Morgan fingerprint density at radius 1 is 1.35 bits per heavy atom. The average Bonchev–Trinajstić information content (AvgIpc) is 3.01. The Hall–Kier alpha value is -1.36. The van der Waals surface area contributed by atoms with Gasteiger partial charge in [-0.2, -0.15) is 5.10 Å². The molecule has 2 aliphatic rings. The number of nitrogens with zero attached hydrogens (tertiary/aromatic N) is 2. The van der Waals surface area contributed by atoms with Gasteiger partial charge in [-0.15, -0.1) is 0 Å². The normalized spacial score (nSPS) is 23.2. The molecule has 1 spiro atoms. The van der Waals surface area contributed by atoms with Gasteiger partial charge in [-0.1, -0.05) is 0 Å². The summed E-state index contributed by atoms with van der Waals surface area (Å²) in [5.41, 5.74) is 1.07. The molecule has 5 heteroatoms. The van der Waals surface area contributed by atoms with Crippen molar-refractivity contribution in [3.63, 3.8) is 0 Å². The maximum absolute atomic E-state index is 12.1. The molecule has 92 valence electrons. The summed E-state index contributed by atoms with van der Waals surface area (Å²) in [5, 5.41) is 10.0. The molecule has 17 heavy (non-hydrogen) atoms. The molecule has 2 aliphatic heterocycles. The lowest BCUT2D eigenvalue weighted by molar-refractivity contribution is 0.0602. The van der Waals surface area contributed by atoms with Gasteiger partial charge in [0.05, 0.1) is 0 Å². The quantitative estimate of drug-likeness (QED) is 0.749. The van der Waals surface area contributed by atoms with Gasteiger partial charge < -0.3 is 10.2 Å². The molecule has 2 N–H and O–H groups in total. The van der Waals surface area contributed by atoms with E-state index in [1.165, 1.54) is 6.42 Å². The third-order valence-electron chi connectivity index (χ3n) is 4.17. The van der Waals surface area contributed by atoms with Crippen molar-refractivity contribution in [1.82, 2.24) is 20.4 Å². The largest absolute Gasteiger partial charge is 0.337 e. The van der Waals surface area contributed by atoms with Crippen LogP contribution in [-0.4, -0.2) is 47.2 Å². The molecule has 1 amide bonds. The highest BCUT2D eigenvalue weighted by Crippen LogP contribution is 2.37. The van der Waals surface area contributed by atoms with E-state index in [9.17, 15) is 4.79 Å². The van der Waals surface area contributed by atoms with E-state index < -0.39 is 0 Å². The molecule has 0 aliphatic carbocycles. The SMILES string of the molecule is O=C(c1ccn[nH]1)N1CCC2(CCNC2)CC1. The number of aromatic nitrogens is 2. The van der Waals surface area contributed by atoms with Crippen LogP contribution >= 0.6 is 0 Å². The van der Waals surface area contributed by atoms with Crippen LogP contribution in [0.3, 0.4) is 0 Å². The zero-order valence-electron chi connectivity index (χ0n) is 9.91. The van der Waals surface area contributed by atoms with Gasteiger partial charge in [0.2, 0.25) is 0 Å². The van der Waals surface area contributed by atoms with Crippen LogP contribution in [0.2, 0.25) is 0 Å². The summed E-state index contributed by atoms with van der Waals surface area (Å²) in [6, 6.07) is 1.74. The monoisotopic (exact) mass is 234 g/mol. The molecular formula is C12H18N4O. The summed E-state index contributed by atoms with van der Waals surface area (Å²) in [4.78, 5) is 14.0. The summed E-state index contributed by atoms with van der Waals surface area (Å²) in [5.74, 6) is 0.0864. The van der Waals surface area contributed by atoms with E-state index in [0.29, 0.717) is 11.1 Å². The van der Waals surface area contributed by atoms with Crippen molar-refractivity contribution >= 4 is 5.91 Å². The van der Waals surface area contributed by atoms with Gasteiger partial charge in [-0.3, -0.25) is 9.89 Å². The van der Waals surface area contributed by atoms with Crippen molar-refractivity contribution in [3.8, 4) is 0 Å². The van der Waals surface area contributed by atoms with Crippen LogP contribution in [0.15, 0.2) is 12.3 Å². The van der Waals surface area contributed by atoms with Gasteiger partial charge in [0.15, 0.2) is 0 Å². The first-order valence-corrected chi connectivity index (χ1v) is 6.29. The van der Waals surface area contributed by atoms with Crippen LogP contribution < -0.4 is 5.32 Å². The minimum absolute atomic E-state index is 0.0864. The van der Waals surface area contributed by atoms with Crippen LogP contribution in [0.4, 0.5) is 0 Å². The van der Waals surface area contributed by atoms with Gasteiger partial charge in [-0.05, 0) is 37.3 Å². The molecule has 0 radical (unpaired) electrons. The number of hydrogen-bond acceptors (Lipinski definition) is 3. The Kier molecular flexibility index (Phi) is 2.63. The number of hydrogen-bond donors (Lipinski definition) is 2. The second-order valence-electron chi connectivity index (χ2n) is 5.19. The molecule has 0 saturated carbocycles. The molecule has 0 aromatic carbocycles. The number of amides is 1. The van der Waals surface area contributed by atoms with Crippen LogP contribution in [0.25, 0.3) is 0 Å². The molecule has 3 heterocycles. The standard InChI is InChI=1S/C12H18N4O/c17-11(10-1-5-14-15-10)16-7-3-12(4-8-16)2-6-13-9-12/h1,5,13H,2-4,6-9H2,(H,14,15). The molecule has 1 aromatic heterocycles. The van der Waals surface area contributed by atoms with Crippen LogP contribution in [0.1, 0.15) is 29.8 Å². The molecule has 0 unspecified atom stereocenters. The second-order valence-corrected chi connectivity index (χ2v) is 5.19. The third kappa shape index (κ3) is 1.95. The smallest absolute Gasteiger partial charge is 0.271 e. The molecule has 2 saturated heterocycles. The van der Waals surface area contributed by atoms with E-state index in [2.05, 4.69) is 15.5 Å². The maximum atomic E-state index is 12.1. The fourth-order valence-electron chi connectivity index (χ4n) is 2.95. The van der Waals surface area contributed by atoms with Crippen molar-refractivity contribution < 1.29 is 4.79 Å². The van der Waals surface area contributed by atoms with Gasteiger partial charge in [0.25, 0.3) is 5.91 Å². The number of carbonyl (C=O) groups excluding carboxylic acids is 1. The predicted molar refractivity (Wildman–Crippen MR) is 63.6 cm³/mol. The summed E-state index contributed by atoms with van der Waals surface area (Å²) in [7, 11) is 0. The van der Waals surface area contributed by atoms with Gasteiger partial charge in [0.1, 0.15) is 5.69 Å². The van der Waals surface area contributed by atoms with Gasteiger partial charge in [-0.25, -0.2) is 0 Å². The topological polar surface area (TPSA) is 61.0 Å². The highest BCUT2D eigenvalue weighted by molar-refractivity contribution is 5.92. The minimum atomic E-state index is 0.0864. The Labute approximate surface area is 101 Å². The minimum Gasteiger partial charge on any atom is -0.337 e. The molecule has 3 rings (SSSR count). The van der Waals surface area contributed by atoms with E-state index in [0.717, 1.165) is 39.0 Å². The fourth-order valence-corrected chi connectivity index (χ4v) is 2.95. The number of nitrogens with one attached hydrogen (secondary N) is 2. The first-order chi connectivity index (χ1) is 8.29. The number of carbonyl (C=O) groups is 1. The number of H-pyrrole nitrogens is 1. The third-order valence-corrected chi connectivity index (χ3v) is 4.17. The van der Waals surface area contributed by atoms with Gasteiger partial charge in [0, 0.05) is 25.8 Å². The van der Waals surface area contributed by atoms with Gasteiger partial charge >= 0.3 is 0 Å². The predicted octanol–water partition coefficient (Wildman–Crippen LogP) is 0.625. The Morgan fingerprint density at radius 3 is 2.76 bits per heavy atom. The zero-order chi connectivity index (χ0) is 11.7. The fraction of sp³-hybridized carbons (Fsp3) is 0.667. The average molecular weight is 234 g/mol. The van der Waals surface area contributed by atoms with Crippen LogP contribution in [0.5, 0.6) is 0 Å². The molecule has 0 atom stereocenters. The van der Waals surface area contributed by atoms with E-state index in [-0.39, 0.29) is 5.91 Å². The van der Waals surface area contributed by atoms with Crippen molar-refractivity contribution in [2.24, 2.45) is 5.41 Å². The van der Waals surface area contributed by atoms with Crippen LogP contribution in [-0.2, 0) is 0 Å². The Morgan fingerprint density at radius 2 is 2.18 bits per heavy atom. The maximum Gasteiger partial charge on any atom is 0.271 e. The highest BCUT2D eigenvalue weighted by atomic mass is 16.2. The van der Waals surface area contributed by atoms with Crippen molar-refractivity contribution in [2.45, 2.75) is 19.3 Å². The second kappa shape index (κ2) is 4.14. The molecule has 0 bridgehead atoms. The van der Waals surface area contributed by atoms with E-state index >= 15 is 0 Å². The van der Waals surface area contributed by atoms with E-state index in [1.54, 1.807) is 12.3 Å². The summed E-state index contributed by atoms with van der Waals surface area (Å²) in [6.07, 6.45) is 5.14. The number of rotatable bonds is 1. The summed E-state index contributed by atoms with van der Waals surface area (Å²) < 4.78 is 0. The number of piperidine rings is 1. The zero-order valence-corrected chi connectivity index (χ0v) is 9.91. The summed E-state index contributed by atoms with van der Waals surface area (Å²) in [6.45, 7) is 4.01. The van der Waals surface area contributed by atoms with Crippen LogP contribution in [0, 0.1) is 5.41 Å². The van der Waals surface area contributed by atoms with E-state index in [4.69, 9.17) is 0 Å². The van der Waals surface area contributed by atoms with E-state index in [1.807, 2.05) is 4.90 Å². The highest BCUT2D eigenvalue weighted by Gasteiger charge is 2.38. The molecule has 2 fully saturated rings. The lowest BCUT2D eigenvalue weighted by Crippen LogP contribution is -2.44. The molecule has 5 nitrogen and oxygen atoms in total. The van der Waals surface area contributed by atoms with Crippen molar-refractivity contribution in [1.29, 1.82) is 0 Å². The lowest BCUT2D eigenvalue weighted by atomic mass is 9.78. The first kappa shape index (κ1) is 10.8. The Balaban J connectivity index is 1.63. The van der Waals surface area contributed by atoms with Crippen molar-refractivity contribution in [3.05, 3.63) is 18.0 Å². The number of likely N-dealkylation sites (tertiary alicyclic amines) is 1. The summed E-state index contributed by atoms with van der Waals surface area (Å²) >= 11 is 0. The van der Waals surface area contributed by atoms with Crippen molar-refractivity contribution in [2.75, 3.05) is 26.2 Å². The molecular weight excluding hydrogens is 216 g/mol. The number of aromatic amines is 1. The first-order valence-electron chi connectivity index (χ1n) is 6.29. The molecule has 1 aromatic rings. The lowest BCUT2D eigenvalue weighted by Gasteiger charge is -2.38. The Bertz CT molecular complexity index is 385.